The Kier molecular flexibility index (Phi) is 49.6. The van der Waals surface area contributed by atoms with Crippen LogP contribution in [0.15, 0.2) is 0 Å². The van der Waals surface area contributed by atoms with Gasteiger partial charge in [-0.05, 0) is 58.0 Å². The fraction of sp³-hybridized carbons (Fsp3) is 0.929. The average Bonchev–Trinajstić information content (AvgIpc) is 3.33. The fourth-order valence-electron chi connectivity index (χ4n) is 8.24. The van der Waals surface area contributed by atoms with Crippen LogP contribution >= 0.6 is 0 Å². The molecule has 11 nitrogen and oxygen atoms in total. The normalized spacial score (nSPS) is 12.3. The lowest BCUT2D eigenvalue weighted by atomic mass is 10.0. The molecule has 0 aliphatic carbocycles. The van der Waals surface area contributed by atoms with Gasteiger partial charge < -0.3 is 33.3 Å². The minimum atomic E-state index is -0.776. The second kappa shape index (κ2) is 51.5. The Balaban J connectivity index is 4.64. The van der Waals surface area contributed by atoms with Gasteiger partial charge in [-0.15, -0.1) is 0 Å². The number of unbranched alkanes of at least 4 members (excludes halogenated alkanes) is 26. The topological polar surface area (TPSA) is 127 Å². The van der Waals surface area contributed by atoms with E-state index < -0.39 is 12.1 Å². The number of ether oxygens (including phenoxy) is 6. The van der Waals surface area contributed by atoms with E-state index in [-0.39, 0.29) is 56.9 Å². The van der Waals surface area contributed by atoms with E-state index in [0.717, 1.165) is 116 Å². The molecule has 0 aromatic rings. The summed E-state index contributed by atoms with van der Waals surface area (Å²) in [5, 5.41) is 0. The van der Waals surface area contributed by atoms with E-state index in [4.69, 9.17) is 28.4 Å². The summed E-state index contributed by atoms with van der Waals surface area (Å²) in [5.74, 6) is -1.19. The first kappa shape index (κ1) is 64.6. The molecular formula is C56H107NO10. The molecule has 0 aromatic carbocycles. The van der Waals surface area contributed by atoms with Crippen LogP contribution in [0.2, 0.25) is 0 Å². The van der Waals surface area contributed by atoms with Crippen LogP contribution in [0.5, 0.6) is 0 Å². The van der Waals surface area contributed by atoms with Gasteiger partial charge in [0.1, 0.15) is 19.8 Å². The number of nitrogens with zero attached hydrogens (tertiary/aromatic N) is 1. The lowest BCUT2D eigenvalue weighted by molar-refractivity contribution is -0.150. The van der Waals surface area contributed by atoms with E-state index in [9.17, 15) is 19.2 Å². The molecule has 396 valence electrons. The van der Waals surface area contributed by atoms with Crippen molar-refractivity contribution in [1.29, 1.82) is 0 Å². The second-order valence-electron chi connectivity index (χ2n) is 19.1. The Hall–Kier alpha value is -2.40. The SMILES string of the molecule is CCCCCCCCCCOC(=O)CCCCCCCCCCCC(=O)OCC(COC(=O)CCC(CCCCCCCCC)OCCCCCCCC)COC(=O)OCCCN(CC)CC. The van der Waals surface area contributed by atoms with Gasteiger partial charge in [0.2, 0.25) is 0 Å². The highest BCUT2D eigenvalue weighted by Gasteiger charge is 2.20. The van der Waals surface area contributed by atoms with Crippen molar-refractivity contribution in [2.45, 2.75) is 272 Å². The van der Waals surface area contributed by atoms with Crippen LogP contribution in [0.1, 0.15) is 266 Å². The number of hydrogen-bond acceptors (Lipinski definition) is 11. The number of hydrogen-bond donors (Lipinski definition) is 0. The smallest absolute Gasteiger partial charge is 0.466 e. The standard InChI is InChI=1S/C56H107NO10/c1-6-11-14-17-20-27-32-37-46-63-53(58)40-34-29-25-22-21-23-26-30-35-41-54(59)65-48-51(50-67-56(61)64-47-38-44-57(9-4)10-5)49-66-55(60)43-42-52(39-33-28-24-18-15-12-7-2)62-45-36-31-19-16-13-8-3/h51-52H,6-50H2,1-5H3. The zero-order valence-electron chi connectivity index (χ0n) is 44.5. The van der Waals surface area contributed by atoms with Crippen molar-refractivity contribution in [3.05, 3.63) is 0 Å². The molecule has 0 aliphatic rings. The van der Waals surface area contributed by atoms with E-state index in [1.165, 1.54) is 109 Å². The van der Waals surface area contributed by atoms with Crippen LogP contribution in [-0.2, 0) is 42.8 Å². The summed E-state index contributed by atoms with van der Waals surface area (Å²) in [6, 6.07) is 0. The molecule has 0 saturated heterocycles. The molecule has 11 heteroatoms. The highest BCUT2D eigenvalue weighted by atomic mass is 16.7. The summed E-state index contributed by atoms with van der Waals surface area (Å²) in [7, 11) is 0. The van der Waals surface area contributed by atoms with Crippen molar-refractivity contribution in [3.8, 4) is 0 Å². The van der Waals surface area contributed by atoms with E-state index in [1.54, 1.807) is 0 Å². The molecule has 0 rings (SSSR count). The lowest BCUT2D eigenvalue weighted by Gasteiger charge is -2.20. The third kappa shape index (κ3) is 47.1. The molecule has 0 bridgehead atoms. The maximum absolute atomic E-state index is 13.0. The molecule has 67 heavy (non-hydrogen) atoms. The van der Waals surface area contributed by atoms with Gasteiger partial charge in [-0.1, -0.05) is 202 Å². The van der Waals surface area contributed by atoms with E-state index in [2.05, 4.69) is 39.5 Å². The summed E-state index contributed by atoms with van der Waals surface area (Å²) in [6.45, 7) is 15.0. The molecule has 0 spiro atoms. The van der Waals surface area contributed by atoms with Gasteiger partial charge >= 0.3 is 24.1 Å². The van der Waals surface area contributed by atoms with Crippen LogP contribution in [0, 0.1) is 5.92 Å². The third-order valence-corrected chi connectivity index (χ3v) is 12.8. The molecule has 0 aromatic heterocycles. The predicted octanol–water partition coefficient (Wildman–Crippen LogP) is 15.2. The van der Waals surface area contributed by atoms with Crippen LogP contribution in [0.25, 0.3) is 0 Å². The Labute approximate surface area is 412 Å². The van der Waals surface area contributed by atoms with Crippen molar-refractivity contribution < 1.29 is 47.6 Å². The van der Waals surface area contributed by atoms with Crippen molar-refractivity contribution in [1.82, 2.24) is 4.90 Å². The monoisotopic (exact) mass is 954 g/mol. The number of carbonyl (C=O) groups excluding carboxylic acids is 4. The summed E-state index contributed by atoms with van der Waals surface area (Å²) in [4.78, 5) is 52.5. The third-order valence-electron chi connectivity index (χ3n) is 12.8. The number of esters is 3. The Morgan fingerprint density at radius 2 is 0.746 bits per heavy atom. The summed E-state index contributed by atoms with van der Waals surface area (Å²) >= 11 is 0. The van der Waals surface area contributed by atoms with E-state index >= 15 is 0 Å². The molecule has 0 radical (unpaired) electrons. The first-order chi connectivity index (χ1) is 32.8. The zero-order chi connectivity index (χ0) is 49.1. The van der Waals surface area contributed by atoms with Gasteiger partial charge in [-0.25, -0.2) is 4.79 Å². The predicted molar refractivity (Wildman–Crippen MR) is 274 cm³/mol. The molecule has 0 N–H and O–H groups in total. The molecule has 0 saturated carbocycles. The number of rotatable bonds is 52. The Morgan fingerprint density at radius 3 is 1.24 bits per heavy atom. The van der Waals surface area contributed by atoms with Crippen LogP contribution in [0.3, 0.4) is 0 Å². The van der Waals surface area contributed by atoms with Gasteiger partial charge in [0, 0.05) is 32.4 Å². The molecule has 0 fully saturated rings. The Morgan fingerprint density at radius 1 is 0.358 bits per heavy atom. The molecular weight excluding hydrogens is 847 g/mol. The van der Waals surface area contributed by atoms with E-state index in [1.807, 2.05) is 0 Å². The summed E-state index contributed by atoms with van der Waals surface area (Å²) in [6.07, 6.45) is 37.7. The quantitative estimate of drug-likeness (QED) is 0.0328. The van der Waals surface area contributed by atoms with Crippen LogP contribution < -0.4 is 0 Å². The Bertz CT molecular complexity index is 1080. The average molecular weight is 954 g/mol. The first-order valence-corrected chi connectivity index (χ1v) is 28.4. The lowest BCUT2D eigenvalue weighted by Crippen LogP contribution is -2.27. The van der Waals surface area contributed by atoms with Crippen molar-refractivity contribution >= 4 is 24.1 Å². The van der Waals surface area contributed by atoms with Crippen molar-refractivity contribution in [2.24, 2.45) is 5.92 Å². The fourth-order valence-corrected chi connectivity index (χ4v) is 8.24. The van der Waals surface area contributed by atoms with Gasteiger partial charge in [-0.2, -0.15) is 0 Å². The minimum absolute atomic E-state index is 0.0133. The van der Waals surface area contributed by atoms with Crippen LogP contribution in [-0.4, -0.2) is 94.3 Å². The maximum atomic E-state index is 13.0. The molecule has 2 atom stereocenters. The first-order valence-electron chi connectivity index (χ1n) is 28.4. The maximum Gasteiger partial charge on any atom is 0.508 e. The summed E-state index contributed by atoms with van der Waals surface area (Å²) in [5.41, 5.74) is 0. The van der Waals surface area contributed by atoms with Gasteiger partial charge in [0.05, 0.1) is 25.2 Å². The second-order valence-corrected chi connectivity index (χ2v) is 19.1. The van der Waals surface area contributed by atoms with E-state index in [0.29, 0.717) is 32.3 Å². The van der Waals surface area contributed by atoms with Gasteiger partial charge in [0.15, 0.2) is 0 Å². The van der Waals surface area contributed by atoms with Crippen LogP contribution in [0.4, 0.5) is 4.79 Å². The molecule has 0 heterocycles. The highest BCUT2D eigenvalue weighted by molar-refractivity contribution is 5.70. The van der Waals surface area contributed by atoms with Gasteiger partial charge in [0.25, 0.3) is 0 Å². The molecule has 2 unspecified atom stereocenters. The van der Waals surface area contributed by atoms with Crippen molar-refractivity contribution in [2.75, 3.05) is 59.3 Å². The molecule has 0 aliphatic heterocycles. The minimum Gasteiger partial charge on any atom is -0.466 e. The largest absolute Gasteiger partial charge is 0.508 e. The van der Waals surface area contributed by atoms with Crippen molar-refractivity contribution in [3.63, 3.8) is 0 Å². The highest BCUT2D eigenvalue weighted by Crippen LogP contribution is 2.18. The summed E-state index contributed by atoms with van der Waals surface area (Å²) < 4.78 is 33.8. The molecule has 0 amide bonds. The van der Waals surface area contributed by atoms with Gasteiger partial charge in [-0.3, -0.25) is 14.4 Å². The zero-order valence-corrected chi connectivity index (χ0v) is 44.5. The number of carbonyl (C=O) groups is 4.